The third-order valence-electron chi connectivity index (χ3n) is 3.22. The molecule has 134 valence electrons. The second kappa shape index (κ2) is 7.26. The smallest absolute Gasteiger partial charge is 0.338 e. The summed E-state index contributed by atoms with van der Waals surface area (Å²) in [6.07, 6.45) is -1.62. The summed E-state index contributed by atoms with van der Waals surface area (Å²) in [4.78, 5) is 10.9. The van der Waals surface area contributed by atoms with E-state index < -0.39 is 12.7 Å². The van der Waals surface area contributed by atoms with Crippen molar-refractivity contribution < 1.29 is 17.7 Å². The van der Waals surface area contributed by atoms with Crippen molar-refractivity contribution in [2.75, 3.05) is 7.05 Å². The standard InChI is InChI=1S/C14H13BrF3N5OS/c1-22(5-11-19-2-3-23(11)8-14(16,17)18)6-12-20-13(21-24-12)10-4-9(15)7-25-10/h2-4,7H,5-6,8H2,1H3. The van der Waals surface area contributed by atoms with Gasteiger partial charge >= 0.3 is 6.18 Å². The third-order valence-corrected chi connectivity index (χ3v) is 4.91. The molecule has 3 aromatic rings. The Hall–Kier alpha value is -1.72. The van der Waals surface area contributed by atoms with Gasteiger partial charge in [0.2, 0.25) is 11.7 Å². The van der Waals surface area contributed by atoms with Crippen LogP contribution in [0.4, 0.5) is 13.2 Å². The van der Waals surface area contributed by atoms with Crippen molar-refractivity contribution in [2.24, 2.45) is 0 Å². The zero-order valence-electron chi connectivity index (χ0n) is 13.0. The Kier molecular flexibility index (Phi) is 5.25. The molecule has 0 atom stereocenters. The topological polar surface area (TPSA) is 60.0 Å². The third kappa shape index (κ3) is 4.89. The van der Waals surface area contributed by atoms with E-state index in [0.717, 1.165) is 13.9 Å². The highest BCUT2D eigenvalue weighted by atomic mass is 79.9. The molecular formula is C14H13BrF3N5OS. The molecule has 3 heterocycles. The zero-order valence-corrected chi connectivity index (χ0v) is 15.4. The van der Waals surface area contributed by atoms with Crippen LogP contribution in [0, 0.1) is 0 Å². The molecular weight excluding hydrogens is 423 g/mol. The van der Waals surface area contributed by atoms with Gasteiger partial charge in [0.15, 0.2) is 0 Å². The summed E-state index contributed by atoms with van der Waals surface area (Å²) in [5.74, 6) is 1.19. The highest BCUT2D eigenvalue weighted by Gasteiger charge is 2.29. The van der Waals surface area contributed by atoms with Crippen molar-refractivity contribution in [3.63, 3.8) is 0 Å². The van der Waals surface area contributed by atoms with Gasteiger partial charge in [-0.15, -0.1) is 11.3 Å². The van der Waals surface area contributed by atoms with E-state index >= 15 is 0 Å². The molecule has 25 heavy (non-hydrogen) atoms. The van der Waals surface area contributed by atoms with Gasteiger partial charge in [0.1, 0.15) is 12.4 Å². The minimum absolute atomic E-state index is 0.228. The quantitative estimate of drug-likeness (QED) is 0.586. The first kappa shape index (κ1) is 18.1. The Balaban J connectivity index is 1.63. The Labute approximate surface area is 153 Å². The summed E-state index contributed by atoms with van der Waals surface area (Å²) in [6, 6.07) is 1.89. The van der Waals surface area contributed by atoms with Crippen LogP contribution in [0.15, 0.2) is 32.8 Å². The van der Waals surface area contributed by atoms with Crippen molar-refractivity contribution in [1.82, 2.24) is 24.6 Å². The van der Waals surface area contributed by atoms with Gasteiger partial charge in [0, 0.05) is 22.2 Å². The van der Waals surface area contributed by atoms with Gasteiger partial charge in [0.25, 0.3) is 0 Å². The summed E-state index contributed by atoms with van der Waals surface area (Å²) in [7, 11) is 1.75. The maximum atomic E-state index is 12.6. The fourth-order valence-corrected chi connectivity index (χ4v) is 3.56. The van der Waals surface area contributed by atoms with Gasteiger partial charge in [-0.25, -0.2) is 4.98 Å². The van der Waals surface area contributed by atoms with Crippen LogP contribution in [0.2, 0.25) is 0 Å². The molecule has 0 aromatic carbocycles. The molecule has 0 aliphatic carbocycles. The average molecular weight is 436 g/mol. The van der Waals surface area contributed by atoms with Gasteiger partial charge in [0.05, 0.1) is 18.0 Å². The Bertz CT molecular complexity index is 844. The second-order valence-electron chi connectivity index (χ2n) is 5.40. The van der Waals surface area contributed by atoms with Crippen molar-refractivity contribution in [3.05, 3.63) is 40.0 Å². The summed E-state index contributed by atoms with van der Waals surface area (Å²) >= 11 is 4.84. The first-order chi connectivity index (χ1) is 11.8. The molecule has 0 spiro atoms. The van der Waals surface area contributed by atoms with Crippen LogP contribution in [0.5, 0.6) is 0 Å². The molecule has 0 aliphatic rings. The predicted octanol–water partition coefficient (Wildman–Crippen LogP) is 3.95. The molecule has 3 rings (SSSR count). The van der Waals surface area contributed by atoms with Crippen LogP contribution in [-0.2, 0) is 19.6 Å². The van der Waals surface area contributed by atoms with E-state index in [0.29, 0.717) is 24.1 Å². The van der Waals surface area contributed by atoms with Crippen LogP contribution >= 0.6 is 27.3 Å². The number of halogens is 4. The van der Waals surface area contributed by atoms with Crippen LogP contribution in [0.1, 0.15) is 11.7 Å². The normalized spacial score (nSPS) is 12.2. The monoisotopic (exact) mass is 435 g/mol. The fraction of sp³-hybridized carbons (Fsp3) is 0.357. The van der Waals surface area contributed by atoms with Gasteiger partial charge in [-0.1, -0.05) is 5.16 Å². The highest BCUT2D eigenvalue weighted by Crippen LogP contribution is 2.27. The molecule has 6 nitrogen and oxygen atoms in total. The Morgan fingerprint density at radius 1 is 1.36 bits per heavy atom. The summed E-state index contributed by atoms with van der Waals surface area (Å²) < 4.78 is 44.9. The van der Waals surface area contributed by atoms with Crippen molar-refractivity contribution >= 4 is 27.3 Å². The number of nitrogens with zero attached hydrogens (tertiary/aromatic N) is 5. The predicted molar refractivity (Wildman–Crippen MR) is 88.8 cm³/mol. The average Bonchev–Trinajstić information content (AvgIpc) is 3.20. The summed E-state index contributed by atoms with van der Waals surface area (Å²) in [6.45, 7) is -0.530. The second-order valence-corrected chi connectivity index (χ2v) is 7.23. The highest BCUT2D eigenvalue weighted by molar-refractivity contribution is 9.10. The largest absolute Gasteiger partial charge is 0.406 e. The maximum Gasteiger partial charge on any atom is 0.406 e. The minimum Gasteiger partial charge on any atom is -0.338 e. The van der Waals surface area contributed by atoms with Gasteiger partial charge < -0.3 is 9.09 Å². The molecule has 11 heteroatoms. The van der Waals surface area contributed by atoms with E-state index in [-0.39, 0.29) is 6.54 Å². The number of thiophene rings is 1. The lowest BCUT2D eigenvalue weighted by molar-refractivity contribution is -0.141. The Morgan fingerprint density at radius 2 is 2.16 bits per heavy atom. The SMILES string of the molecule is CN(Cc1nc(-c2cc(Br)cs2)no1)Cc1nccn1CC(F)(F)F. The maximum absolute atomic E-state index is 12.6. The molecule has 0 radical (unpaired) electrons. The molecule has 0 saturated heterocycles. The van der Waals surface area contributed by atoms with Crippen molar-refractivity contribution in [2.45, 2.75) is 25.8 Å². The number of imidazole rings is 1. The van der Waals surface area contributed by atoms with Crippen LogP contribution < -0.4 is 0 Å². The van der Waals surface area contributed by atoms with Crippen LogP contribution in [0.3, 0.4) is 0 Å². The van der Waals surface area contributed by atoms with E-state index in [4.69, 9.17) is 4.52 Å². The first-order valence-electron chi connectivity index (χ1n) is 7.12. The summed E-state index contributed by atoms with van der Waals surface area (Å²) in [5, 5.41) is 5.84. The van der Waals surface area contributed by atoms with E-state index in [9.17, 15) is 13.2 Å². The van der Waals surface area contributed by atoms with E-state index in [1.165, 1.54) is 23.7 Å². The van der Waals surface area contributed by atoms with Gasteiger partial charge in [-0.2, -0.15) is 18.2 Å². The van der Waals surface area contributed by atoms with Gasteiger partial charge in [-0.05, 0) is 29.0 Å². The zero-order chi connectivity index (χ0) is 18.0. The lowest BCUT2D eigenvalue weighted by Crippen LogP contribution is -2.24. The van der Waals surface area contributed by atoms with Crippen LogP contribution in [-0.4, -0.2) is 37.8 Å². The van der Waals surface area contributed by atoms with Crippen molar-refractivity contribution in [3.8, 4) is 10.7 Å². The van der Waals surface area contributed by atoms with E-state index in [2.05, 4.69) is 31.1 Å². The number of alkyl halides is 3. The minimum atomic E-state index is -4.29. The lowest BCUT2D eigenvalue weighted by Gasteiger charge is -2.16. The fourth-order valence-electron chi connectivity index (χ4n) is 2.21. The lowest BCUT2D eigenvalue weighted by atomic mass is 10.4. The molecule has 0 unspecified atom stereocenters. The van der Waals surface area contributed by atoms with Crippen LogP contribution in [0.25, 0.3) is 10.7 Å². The van der Waals surface area contributed by atoms with Crippen molar-refractivity contribution in [1.29, 1.82) is 0 Å². The van der Waals surface area contributed by atoms with Gasteiger partial charge in [-0.3, -0.25) is 4.90 Å². The molecule has 0 saturated carbocycles. The summed E-state index contributed by atoms with van der Waals surface area (Å²) in [5.41, 5.74) is 0. The first-order valence-corrected chi connectivity index (χ1v) is 8.80. The number of hydrogen-bond acceptors (Lipinski definition) is 6. The van der Waals surface area contributed by atoms with E-state index in [1.807, 2.05) is 11.4 Å². The molecule has 0 aliphatic heterocycles. The van der Waals surface area contributed by atoms with E-state index in [1.54, 1.807) is 11.9 Å². The number of hydrogen-bond donors (Lipinski definition) is 0. The molecule has 0 fully saturated rings. The molecule has 0 N–H and O–H groups in total. The number of rotatable bonds is 6. The number of aromatic nitrogens is 4. The molecule has 0 amide bonds. The Morgan fingerprint density at radius 3 is 2.84 bits per heavy atom. The molecule has 3 aromatic heterocycles. The molecule has 0 bridgehead atoms.